The molecule has 3 aromatic heterocycles. The Kier molecular flexibility index (Phi) is 7.40. The van der Waals surface area contributed by atoms with Gasteiger partial charge >= 0.3 is 0 Å². The number of hydrogen-bond acceptors (Lipinski definition) is 3. The fourth-order valence-electron chi connectivity index (χ4n) is 2.99. The molecule has 0 N–H and O–H groups in total. The number of benzene rings is 2. The summed E-state index contributed by atoms with van der Waals surface area (Å²) in [4.78, 5) is 8.34. The molecule has 157 valence electrons. The topological polar surface area (TPSA) is 38.9 Å². The van der Waals surface area contributed by atoms with Crippen LogP contribution in [-0.4, -0.2) is 9.97 Å². The summed E-state index contributed by atoms with van der Waals surface area (Å²) in [5.41, 5.74) is 3.18. The van der Waals surface area contributed by atoms with E-state index in [1.807, 2.05) is 42.5 Å². The van der Waals surface area contributed by atoms with Crippen LogP contribution in [0.3, 0.4) is 0 Å². The quantitative estimate of drug-likeness (QED) is 0.223. The van der Waals surface area contributed by atoms with E-state index < -0.39 is 11.6 Å². The van der Waals surface area contributed by atoms with Gasteiger partial charge in [0.05, 0.1) is 0 Å². The van der Waals surface area contributed by atoms with Crippen molar-refractivity contribution in [3.05, 3.63) is 109 Å². The average Bonchev–Trinajstić information content (AvgIpc) is 3.16. The third kappa shape index (κ3) is 5.29. The second-order valence-corrected chi connectivity index (χ2v) is 6.46. The number of aromatic nitrogens is 2. The van der Waals surface area contributed by atoms with Gasteiger partial charge in [0, 0.05) is 55.2 Å². The summed E-state index contributed by atoms with van der Waals surface area (Å²) in [6, 6.07) is 24.8. The third-order valence-electron chi connectivity index (χ3n) is 4.31. The molecule has 5 aromatic rings. The number of rotatable bonds is 2. The van der Waals surface area contributed by atoms with E-state index in [1.165, 1.54) is 6.20 Å². The van der Waals surface area contributed by atoms with Gasteiger partial charge in [0.25, 0.3) is 0 Å². The number of halogens is 2. The molecule has 2 aromatic carbocycles. The monoisotopic (exact) mass is 591 g/mol. The molecule has 0 unspecified atom stereocenters. The average molecular weight is 591 g/mol. The first kappa shape index (κ1) is 22.5. The normalized spacial score (nSPS) is 10.2. The predicted molar refractivity (Wildman–Crippen MR) is 111 cm³/mol. The maximum absolute atomic E-state index is 13.7. The first-order chi connectivity index (χ1) is 14.6. The van der Waals surface area contributed by atoms with Crippen LogP contribution >= 0.6 is 0 Å². The van der Waals surface area contributed by atoms with Crippen LogP contribution < -0.4 is 0 Å². The van der Waals surface area contributed by atoms with Crippen LogP contribution in [0.4, 0.5) is 8.78 Å². The summed E-state index contributed by atoms with van der Waals surface area (Å²) >= 11 is 0. The van der Waals surface area contributed by atoms with Crippen molar-refractivity contribution < 1.29 is 33.3 Å². The Morgan fingerprint density at radius 2 is 1.74 bits per heavy atom. The molecule has 0 bridgehead atoms. The van der Waals surface area contributed by atoms with E-state index >= 15 is 0 Å². The van der Waals surface area contributed by atoms with Crippen molar-refractivity contribution in [3.63, 3.8) is 0 Å². The van der Waals surface area contributed by atoms with Crippen LogP contribution in [0.2, 0.25) is 0 Å². The Hall–Kier alpha value is -3.21. The molecule has 3 heterocycles. The van der Waals surface area contributed by atoms with Gasteiger partial charge in [-0.3, -0.25) is 8.78 Å². The maximum atomic E-state index is 13.7. The molecule has 0 aliphatic heterocycles. The van der Waals surface area contributed by atoms with Crippen molar-refractivity contribution in [1.29, 1.82) is 0 Å². The molecule has 0 saturated heterocycles. The fraction of sp³-hybridized carbons (Fsp3) is 0.0400. The van der Waals surface area contributed by atoms with Crippen LogP contribution in [0.5, 0.6) is 0 Å². The molecule has 1 radical (unpaired) electrons. The van der Waals surface area contributed by atoms with Gasteiger partial charge in [-0.2, -0.15) is 0 Å². The number of furan rings is 1. The molecule has 0 amide bonds. The SMILES string of the molecule is Cc1cc2c(-c3[c-]cc(F)cc3F)nccc2o1.[Ir].[c-]1ccccc1-c1ccccn1. The number of pyridine rings is 2. The Labute approximate surface area is 192 Å². The zero-order chi connectivity index (χ0) is 20.9. The van der Waals surface area contributed by atoms with E-state index in [2.05, 4.69) is 22.1 Å². The summed E-state index contributed by atoms with van der Waals surface area (Å²) in [5, 5.41) is 0.691. The molecule has 0 saturated carbocycles. The van der Waals surface area contributed by atoms with Crippen molar-refractivity contribution in [2.45, 2.75) is 6.92 Å². The summed E-state index contributed by atoms with van der Waals surface area (Å²) in [6.07, 6.45) is 3.31. The van der Waals surface area contributed by atoms with Gasteiger partial charge in [0.2, 0.25) is 0 Å². The molecule has 0 spiro atoms. The van der Waals surface area contributed by atoms with Crippen molar-refractivity contribution in [3.8, 4) is 22.5 Å². The third-order valence-corrected chi connectivity index (χ3v) is 4.31. The Morgan fingerprint density at radius 3 is 2.45 bits per heavy atom. The number of nitrogens with zero attached hydrogens (tertiary/aromatic N) is 2. The Morgan fingerprint density at radius 1 is 0.903 bits per heavy atom. The van der Waals surface area contributed by atoms with Crippen molar-refractivity contribution >= 4 is 11.0 Å². The van der Waals surface area contributed by atoms with E-state index in [-0.39, 0.29) is 25.7 Å². The molecule has 5 rings (SSSR count). The molecule has 31 heavy (non-hydrogen) atoms. The minimum Gasteiger partial charge on any atom is -0.462 e. The minimum absolute atomic E-state index is 0. The zero-order valence-corrected chi connectivity index (χ0v) is 18.8. The minimum atomic E-state index is -0.686. The maximum Gasteiger partial charge on any atom is 0.128 e. The van der Waals surface area contributed by atoms with E-state index in [1.54, 1.807) is 25.3 Å². The second-order valence-electron chi connectivity index (χ2n) is 6.46. The first-order valence-corrected chi connectivity index (χ1v) is 9.22. The molecule has 0 fully saturated rings. The second kappa shape index (κ2) is 10.2. The van der Waals surface area contributed by atoms with Gasteiger partial charge in [0.1, 0.15) is 11.3 Å². The van der Waals surface area contributed by atoms with Gasteiger partial charge in [-0.1, -0.05) is 23.8 Å². The molecular weight excluding hydrogens is 575 g/mol. The summed E-state index contributed by atoms with van der Waals surface area (Å²) < 4.78 is 32.0. The van der Waals surface area contributed by atoms with Crippen LogP contribution in [-0.2, 0) is 20.1 Å². The van der Waals surface area contributed by atoms with Crippen LogP contribution in [0.1, 0.15) is 5.76 Å². The van der Waals surface area contributed by atoms with E-state index in [0.717, 1.165) is 23.4 Å². The van der Waals surface area contributed by atoms with E-state index in [0.29, 0.717) is 22.4 Å². The number of fused-ring (bicyclic) bond motifs is 1. The van der Waals surface area contributed by atoms with Crippen LogP contribution in [0.25, 0.3) is 33.5 Å². The molecule has 0 aliphatic carbocycles. The summed E-state index contributed by atoms with van der Waals surface area (Å²) in [5.74, 6) is -0.637. The smallest absolute Gasteiger partial charge is 0.128 e. The Balaban J connectivity index is 0.000000183. The van der Waals surface area contributed by atoms with Gasteiger partial charge < -0.3 is 14.4 Å². The molecular formula is C25H16F2IrN2O-2. The number of hydrogen-bond donors (Lipinski definition) is 0. The fourth-order valence-corrected chi connectivity index (χ4v) is 2.99. The zero-order valence-electron chi connectivity index (χ0n) is 16.4. The first-order valence-electron chi connectivity index (χ1n) is 9.22. The van der Waals surface area contributed by atoms with Crippen LogP contribution in [0.15, 0.2) is 83.5 Å². The van der Waals surface area contributed by atoms with Crippen LogP contribution in [0, 0.1) is 30.7 Å². The standard InChI is InChI=1S/C14H8F2NO.C11H8N.Ir/c1-8-6-11-13(18-8)4-5-17-14(11)10-3-2-9(15)7-12(10)16;1-2-6-10(7-3-1)11-8-4-5-9-12-11;/h2,4-7H,1H3;1-6,8-9H;/q2*-1;. The largest absolute Gasteiger partial charge is 0.462 e. The number of aryl methyl sites for hydroxylation is 1. The Bertz CT molecular complexity index is 1240. The van der Waals surface area contributed by atoms with Gasteiger partial charge in [-0.25, -0.2) is 0 Å². The summed E-state index contributed by atoms with van der Waals surface area (Å²) in [7, 11) is 0. The van der Waals surface area contributed by atoms with Crippen molar-refractivity contribution in [1.82, 2.24) is 9.97 Å². The van der Waals surface area contributed by atoms with Gasteiger partial charge in [0.15, 0.2) is 0 Å². The molecule has 0 aliphatic rings. The molecule has 0 atom stereocenters. The van der Waals surface area contributed by atoms with Gasteiger partial charge in [-0.05, 0) is 30.8 Å². The predicted octanol–water partition coefficient (Wildman–Crippen LogP) is 6.43. The molecule has 3 nitrogen and oxygen atoms in total. The summed E-state index contributed by atoms with van der Waals surface area (Å²) in [6.45, 7) is 1.80. The van der Waals surface area contributed by atoms with Crippen molar-refractivity contribution in [2.75, 3.05) is 0 Å². The van der Waals surface area contributed by atoms with E-state index in [4.69, 9.17) is 4.42 Å². The van der Waals surface area contributed by atoms with Gasteiger partial charge in [-0.15, -0.1) is 48.0 Å². The molecule has 6 heteroatoms. The van der Waals surface area contributed by atoms with E-state index in [9.17, 15) is 8.78 Å². The van der Waals surface area contributed by atoms with Crippen molar-refractivity contribution in [2.24, 2.45) is 0 Å².